The van der Waals surface area contributed by atoms with Crippen molar-refractivity contribution in [2.24, 2.45) is 0 Å². The first kappa shape index (κ1) is 21.7. The first-order chi connectivity index (χ1) is 16.0. The first-order valence-electron chi connectivity index (χ1n) is 10.9. The van der Waals surface area contributed by atoms with Gasteiger partial charge in [0.05, 0.1) is 5.69 Å². The molecule has 0 aliphatic carbocycles. The van der Waals surface area contributed by atoms with Crippen molar-refractivity contribution in [3.8, 4) is 0 Å². The standard InChI is InChI=1S/C25H23ClN3O3P/c26-19-9-7-14-22(17-19)29-24(30)18-23(25(29)31)33(32)27(20-10-3-1-4-11-20)15-8-16-28(33)21-12-5-2-6-13-21/h1-7,9-14,17,23H,8,15-16,18H2. The van der Waals surface area contributed by atoms with Crippen molar-refractivity contribution >= 4 is 47.9 Å². The molecule has 0 N–H and O–H groups in total. The number of imide groups is 1. The van der Waals surface area contributed by atoms with Crippen molar-refractivity contribution < 1.29 is 14.2 Å². The highest BCUT2D eigenvalue weighted by Gasteiger charge is 2.56. The number of para-hydroxylation sites is 2. The summed E-state index contributed by atoms with van der Waals surface area (Å²) in [5, 5.41) is 0.428. The molecule has 2 heterocycles. The quantitative estimate of drug-likeness (QED) is 0.361. The van der Waals surface area contributed by atoms with Gasteiger partial charge >= 0.3 is 0 Å². The van der Waals surface area contributed by atoms with Gasteiger partial charge in [-0.1, -0.05) is 54.1 Å². The third kappa shape index (κ3) is 3.73. The fourth-order valence-corrected chi connectivity index (χ4v) is 8.38. The highest BCUT2D eigenvalue weighted by atomic mass is 35.5. The number of carbonyl (C=O) groups is 2. The third-order valence-corrected chi connectivity index (χ3v) is 9.83. The zero-order valence-corrected chi connectivity index (χ0v) is 19.5. The molecule has 6 nitrogen and oxygen atoms in total. The minimum atomic E-state index is -3.57. The molecule has 2 fully saturated rings. The Morgan fingerprint density at radius 3 is 1.85 bits per heavy atom. The van der Waals surface area contributed by atoms with Crippen LogP contribution < -0.4 is 14.2 Å². The van der Waals surface area contributed by atoms with Crippen LogP contribution in [0.1, 0.15) is 12.8 Å². The minimum Gasteiger partial charge on any atom is -0.306 e. The molecule has 168 valence electrons. The number of nitrogens with zero attached hydrogens (tertiary/aromatic N) is 3. The molecule has 2 amide bonds. The number of amides is 2. The summed E-state index contributed by atoms with van der Waals surface area (Å²) >= 11 is 6.12. The summed E-state index contributed by atoms with van der Waals surface area (Å²) < 4.78 is 18.8. The molecule has 1 unspecified atom stereocenters. The zero-order chi connectivity index (χ0) is 23.0. The van der Waals surface area contributed by atoms with Crippen LogP contribution in [0.2, 0.25) is 5.02 Å². The van der Waals surface area contributed by atoms with Crippen LogP contribution in [0.5, 0.6) is 0 Å². The van der Waals surface area contributed by atoms with Crippen molar-refractivity contribution in [1.82, 2.24) is 0 Å². The molecular formula is C25H23ClN3O3P. The molecule has 3 aromatic rings. The van der Waals surface area contributed by atoms with E-state index in [0.717, 1.165) is 22.7 Å². The molecule has 2 saturated heterocycles. The molecule has 0 spiro atoms. The summed E-state index contributed by atoms with van der Waals surface area (Å²) in [6.45, 7) is 1.08. The second kappa shape index (κ2) is 8.69. The minimum absolute atomic E-state index is 0.116. The highest BCUT2D eigenvalue weighted by molar-refractivity contribution is 7.69. The van der Waals surface area contributed by atoms with Crippen LogP contribution in [-0.4, -0.2) is 30.6 Å². The predicted octanol–water partition coefficient (Wildman–Crippen LogP) is 5.58. The molecule has 2 aliphatic rings. The van der Waals surface area contributed by atoms with Gasteiger partial charge in [-0.15, -0.1) is 0 Å². The molecule has 33 heavy (non-hydrogen) atoms. The summed E-state index contributed by atoms with van der Waals surface area (Å²) in [6, 6.07) is 25.6. The summed E-state index contributed by atoms with van der Waals surface area (Å²) in [5.41, 5.74) is 0.983. The van der Waals surface area contributed by atoms with Gasteiger partial charge in [-0.2, -0.15) is 0 Å². The van der Waals surface area contributed by atoms with E-state index in [-0.39, 0.29) is 12.3 Å². The second-order valence-electron chi connectivity index (χ2n) is 8.13. The molecule has 5 rings (SSSR count). The maximum absolute atomic E-state index is 15.1. The summed E-state index contributed by atoms with van der Waals surface area (Å²) in [7, 11) is -3.57. The average Bonchev–Trinajstić information content (AvgIpc) is 3.14. The SMILES string of the molecule is O=C1CC(P2(=O)N(c3ccccc3)CCCN2c2ccccc2)C(=O)N1c1cccc(Cl)c1. The molecule has 3 aromatic carbocycles. The molecule has 0 saturated carbocycles. The summed E-state index contributed by atoms with van der Waals surface area (Å²) in [4.78, 5) is 27.9. The van der Waals surface area contributed by atoms with Crippen LogP contribution >= 0.6 is 19.0 Å². The Kier molecular flexibility index (Phi) is 5.73. The van der Waals surface area contributed by atoms with Gasteiger partial charge in [0.15, 0.2) is 0 Å². The topological polar surface area (TPSA) is 60.9 Å². The van der Waals surface area contributed by atoms with E-state index >= 15 is 4.57 Å². The summed E-state index contributed by atoms with van der Waals surface area (Å²) in [5.74, 6) is -0.816. The predicted molar refractivity (Wildman–Crippen MR) is 132 cm³/mol. The molecule has 8 heteroatoms. The number of hydrogen-bond acceptors (Lipinski definition) is 3. The lowest BCUT2D eigenvalue weighted by molar-refractivity contribution is -0.121. The van der Waals surface area contributed by atoms with Crippen LogP contribution in [-0.2, 0) is 14.2 Å². The van der Waals surface area contributed by atoms with Crippen LogP contribution in [0, 0.1) is 0 Å². The number of halogens is 1. The lowest BCUT2D eigenvalue weighted by atomic mass is 10.3. The number of benzene rings is 3. The fourth-order valence-electron chi connectivity index (χ4n) is 4.68. The van der Waals surface area contributed by atoms with Crippen molar-refractivity contribution in [2.75, 3.05) is 27.3 Å². The van der Waals surface area contributed by atoms with Crippen molar-refractivity contribution in [2.45, 2.75) is 18.5 Å². The Bertz CT molecular complexity index is 1190. The lowest BCUT2D eigenvalue weighted by Gasteiger charge is -2.47. The van der Waals surface area contributed by atoms with E-state index in [2.05, 4.69) is 0 Å². The van der Waals surface area contributed by atoms with E-state index in [1.165, 1.54) is 0 Å². The van der Waals surface area contributed by atoms with Gasteiger partial charge in [-0.3, -0.25) is 14.2 Å². The molecule has 0 bridgehead atoms. The van der Waals surface area contributed by atoms with Crippen LogP contribution in [0.3, 0.4) is 0 Å². The Balaban J connectivity index is 1.62. The van der Waals surface area contributed by atoms with E-state index < -0.39 is 19.0 Å². The van der Waals surface area contributed by atoms with Gasteiger partial charge < -0.3 is 9.34 Å². The second-order valence-corrected chi connectivity index (χ2v) is 11.3. The normalized spacial score (nSPS) is 20.4. The van der Waals surface area contributed by atoms with Crippen molar-refractivity contribution in [3.63, 3.8) is 0 Å². The molecule has 2 aliphatic heterocycles. The fraction of sp³-hybridized carbons (Fsp3) is 0.200. The number of rotatable bonds is 4. The van der Waals surface area contributed by atoms with E-state index in [9.17, 15) is 9.59 Å². The maximum atomic E-state index is 15.1. The van der Waals surface area contributed by atoms with Crippen molar-refractivity contribution in [1.29, 1.82) is 0 Å². The van der Waals surface area contributed by atoms with Gasteiger partial charge in [0.25, 0.3) is 7.44 Å². The summed E-state index contributed by atoms with van der Waals surface area (Å²) in [6.07, 6.45) is 0.663. The highest BCUT2D eigenvalue weighted by Crippen LogP contribution is 2.64. The Morgan fingerprint density at radius 2 is 1.30 bits per heavy atom. The smallest absolute Gasteiger partial charge is 0.275 e. The average molecular weight is 480 g/mol. The number of carbonyl (C=O) groups excluding carboxylic acids is 2. The van der Waals surface area contributed by atoms with Gasteiger partial charge in [0.2, 0.25) is 11.8 Å². The largest absolute Gasteiger partial charge is 0.306 e. The maximum Gasteiger partial charge on any atom is 0.275 e. The molecule has 0 aromatic heterocycles. The van der Waals surface area contributed by atoms with Crippen molar-refractivity contribution in [3.05, 3.63) is 90.0 Å². The van der Waals surface area contributed by atoms with E-state index in [1.54, 1.807) is 24.3 Å². The molecular weight excluding hydrogens is 457 g/mol. The van der Waals surface area contributed by atoms with E-state index in [1.807, 2.05) is 70.0 Å². The third-order valence-electron chi connectivity index (χ3n) is 6.14. The lowest BCUT2D eigenvalue weighted by Crippen LogP contribution is -2.46. The van der Waals surface area contributed by atoms with E-state index in [4.69, 9.17) is 11.6 Å². The van der Waals surface area contributed by atoms with E-state index in [0.29, 0.717) is 23.8 Å². The molecule has 0 radical (unpaired) electrons. The Morgan fingerprint density at radius 1 is 0.758 bits per heavy atom. The monoisotopic (exact) mass is 479 g/mol. The van der Waals surface area contributed by atoms with Gasteiger partial charge in [0, 0.05) is 35.9 Å². The number of hydrogen-bond donors (Lipinski definition) is 0. The Labute approximate surface area is 197 Å². The number of anilines is 3. The zero-order valence-electron chi connectivity index (χ0n) is 17.9. The van der Waals surface area contributed by atoms with Gasteiger partial charge in [-0.05, 0) is 48.9 Å². The molecule has 1 atom stereocenters. The van der Waals surface area contributed by atoms with Crippen LogP contribution in [0.15, 0.2) is 84.9 Å². The first-order valence-corrected chi connectivity index (χ1v) is 12.9. The van der Waals surface area contributed by atoms with Gasteiger partial charge in [-0.25, -0.2) is 4.90 Å². The van der Waals surface area contributed by atoms with Crippen LogP contribution in [0.4, 0.5) is 17.1 Å². The van der Waals surface area contributed by atoms with Gasteiger partial charge in [0.1, 0.15) is 5.66 Å². The van der Waals surface area contributed by atoms with Crippen LogP contribution in [0.25, 0.3) is 0 Å². The Hall–Kier alpha value is -3.08.